The van der Waals surface area contributed by atoms with E-state index in [1.54, 1.807) is 12.1 Å². The Bertz CT molecular complexity index is 1130. The number of nitrogens with zero attached hydrogens (tertiary/aromatic N) is 2. The van der Waals surface area contributed by atoms with Gasteiger partial charge in [0.25, 0.3) is 5.91 Å². The minimum absolute atomic E-state index is 0.169. The predicted molar refractivity (Wildman–Crippen MR) is 110 cm³/mol. The second kappa shape index (κ2) is 7.56. The molecule has 2 heterocycles. The number of aryl methyl sites for hydroxylation is 2. The highest BCUT2D eigenvalue weighted by molar-refractivity contribution is 6.04. The van der Waals surface area contributed by atoms with Crippen LogP contribution in [0.1, 0.15) is 27.2 Å². The number of benzene rings is 2. The molecule has 0 fully saturated rings. The second-order valence-corrected chi connectivity index (χ2v) is 6.79. The molecule has 5 heteroatoms. The molecule has 140 valence electrons. The van der Waals surface area contributed by atoms with E-state index in [-0.39, 0.29) is 5.91 Å². The summed E-state index contributed by atoms with van der Waals surface area (Å²) in [4.78, 5) is 17.1. The molecule has 1 amide bonds. The molecule has 0 unspecified atom stereocenters. The van der Waals surface area contributed by atoms with Crippen molar-refractivity contribution >= 4 is 17.2 Å². The fourth-order valence-electron chi connectivity index (χ4n) is 3.00. The smallest absolute Gasteiger partial charge is 0.255 e. The van der Waals surface area contributed by atoms with Crippen LogP contribution in [0.3, 0.4) is 0 Å². The Morgan fingerprint density at radius 2 is 1.89 bits per heavy atom. The number of imidazole rings is 1. The van der Waals surface area contributed by atoms with Gasteiger partial charge in [0.15, 0.2) is 0 Å². The van der Waals surface area contributed by atoms with E-state index in [0.29, 0.717) is 17.9 Å². The van der Waals surface area contributed by atoms with Crippen LogP contribution in [0.5, 0.6) is 5.75 Å². The number of anilines is 1. The Morgan fingerprint density at radius 1 is 1.07 bits per heavy atom. The van der Waals surface area contributed by atoms with E-state index in [2.05, 4.69) is 10.3 Å². The first-order valence-electron chi connectivity index (χ1n) is 9.12. The summed E-state index contributed by atoms with van der Waals surface area (Å²) in [5.41, 5.74) is 5.33. The lowest BCUT2D eigenvalue weighted by Crippen LogP contribution is -2.12. The van der Waals surface area contributed by atoms with Gasteiger partial charge in [0.05, 0.1) is 5.69 Å². The third-order valence-electron chi connectivity index (χ3n) is 4.52. The molecular weight excluding hydrogens is 350 g/mol. The van der Waals surface area contributed by atoms with Crippen molar-refractivity contribution in [2.45, 2.75) is 20.5 Å². The fourth-order valence-corrected chi connectivity index (χ4v) is 3.00. The van der Waals surface area contributed by atoms with Crippen LogP contribution < -0.4 is 10.1 Å². The summed E-state index contributed by atoms with van der Waals surface area (Å²) < 4.78 is 7.85. The molecule has 0 atom stereocenters. The van der Waals surface area contributed by atoms with Gasteiger partial charge >= 0.3 is 0 Å². The van der Waals surface area contributed by atoms with Crippen LogP contribution in [-0.2, 0) is 6.61 Å². The molecular formula is C23H21N3O2. The van der Waals surface area contributed by atoms with Crippen molar-refractivity contribution in [1.82, 2.24) is 9.38 Å². The van der Waals surface area contributed by atoms with Gasteiger partial charge in [-0.05, 0) is 55.8 Å². The van der Waals surface area contributed by atoms with Crippen LogP contribution in [0.2, 0.25) is 0 Å². The number of fused-ring (bicyclic) bond motifs is 1. The molecule has 0 saturated carbocycles. The van der Waals surface area contributed by atoms with Crippen molar-refractivity contribution in [3.05, 3.63) is 95.4 Å². The van der Waals surface area contributed by atoms with Crippen LogP contribution in [0.4, 0.5) is 5.69 Å². The van der Waals surface area contributed by atoms with Gasteiger partial charge in [-0.3, -0.25) is 4.79 Å². The minimum atomic E-state index is -0.169. The monoisotopic (exact) mass is 371 g/mol. The van der Waals surface area contributed by atoms with Crippen LogP contribution in [0.15, 0.2) is 73.1 Å². The molecule has 0 aliphatic carbocycles. The molecule has 2 aromatic heterocycles. The summed E-state index contributed by atoms with van der Waals surface area (Å²) in [5, 5.41) is 2.90. The van der Waals surface area contributed by atoms with Gasteiger partial charge in [-0.15, -0.1) is 0 Å². The number of amides is 1. The van der Waals surface area contributed by atoms with Gasteiger partial charge in [-0.25, -0.2) is 4.98 Å². The largest absolute Gasteiger partial charge is 0.487 e. The van der Waals surface area contributed by atoms with E-state index < -0.39 is 0 Å². The van der Waals surface area contributed by atoms with E-state index in [1.165, 1.54) is 0 Å². The maximum atomic E-state index is 12.5. The lowest BCUT2D eigenvalue weighted by atomic mass is 10.2. The Morgan fingerprint density at radius 3 is 2.68 bits per heavy atom. The van der Waals surface area contributed by atoms with Gasteiger partial charge in [0, 0.05) is 23.6 Å². The number of aromatic nitrogens is 2. The van der Waals surface area contributed by atoms with Crippen LogP contribution in [0, 0.1) is 13.8 Å². The number of rotatable bonds is 5. The fraction of sp³-hybridized carbons (Fsp3) is 0.130. The normalized spacial score (nSPS) is 10.8. The predicted octanol–water partition coefficient (Wildman–Crippen LogP) is 4.78. The van der Waals surface area contributed by atoms with Gasteiger partial charge < -0.3 is 14.5 Å². The Hall–Kier alpha value is -3.60. The van der Waals surface area contributed by atoms with E-state index in [4.69, 9.17) is 4.74 Å². The summed E-state index contributed by atoms with van der Waals surface area (Å²) in [6.07, 6.45) is 3.92. The number of carbonyl (C=O) groups is 1. The van der Waals surface area contributed by atoms with Gasteiger partial charge in [0.2, 0.25) is 0 Å². The zero-order chi connectivity index (χ0) is 19.5. The van der Waals surface area contributed by atoms with E-state index >= 15 is 0 Å². The van der Waals surface area contributed by atoms with Gasteiger partial charge in [0.1, 0.15) is 18.0 Å². The molecule has 4 rings (SSSR count). The van der Waals surface area contributed by atoms with Crippen molar-refractivity contribution in [3.8, 4) is 5.75 Å². The molecule has 28 heavy (non-hydrogen) atoms. The van der Waals surface area contributed by atoms with Crippen molar-refractivity contribution in [3.63, 3.8) is 0 Å². The van der Waals surface area contributed by atoms with E-state index in [0.717, 1.165) is 28.2 Å². The molecule has 0 bridgehead atoms. The maximum absolute atomic E-state index is 12.5. The first kappa shape index (κ1) is 17.8. The summed E-state index contributed by atoms with van der Waals surface area (Å²) in [6.45, 7) is 4.38. The summed E-state index contributed by atoms with van der Waals surface area (Å²) >= 11 is 0. The lowest BCUT2D eigenvalue weighted by molar-refractivity contribution is 0.102. The number of carbonyl (C=O) groups excluding carboxylic acids is 1. The van der Waals surface area contributed by atoms with Gasteiger partial charge in [-0.1, -0.05) is 29.8 Å². The third kappa shape index (κ3) is 3.88. The van der Waals surface area contributed by atoms with Crippen LogP contribution in [-0.4, -0.2) is 15.3 Å². The van der Waals surface area contributed by atoms with Crippen molar-refractivity contribution in [2.75, 3.05) is 5.32 Å². The minimum Gasteiger partial charge on any atom is -0.487 e. The lowest BCUT2D eigenvalue weighted by Gasteiger charge is -2.08. The maximum Gasteiger partial charge on any atom is 0.255 e. The average Bonchev–Trinajstić information content (AvgIpc) is 3.13. The number of pyridine rings is 1. The Kier molecular flexibility index (Phi) is 4.81. The van der Waals surface area contributed by atoms with Crippen molar-refractivity contribution in [1.29, 1.82) is 0 Å². The standard InChI is InChI=1S/C23H21N3O2/c1-16-8-10-19(11-9-16)25-23(27)18-6-3-7-21(13-18)28-15-20-14-26-12-4-5-17(2)22(26)24-20/h3-14H,15H2,1-2H3,(H,25,27). The average molecular weight is 371 g/mol. The molecule has 0 aliphatic rings. The number of hydrogen-bond acceptors (Lipinski definition) is 3. The quantitative estimate of drug-likeness (QED) is 0.549. The molecule has 1 N–H and O–H groups in total. The zero-order valence-corrected chi connectivity index (χ0v) is 15.8. The number of hydrogen-bond donors (Lipinski definition) is 1. The number of ether oxygens (including phenoxy) is 1. The van der Waals surface area contributed by atoms with Crippen LogP contribution >= 0.6 is 0 Å². The van der Waals surface area contributed by atoms with Crippen molar-refractivity contribution in [2.24, 2.45) is 0 Å². The molecule has 0 spiro atoms. The third-order valence-corrected chi connectivity index (χ3v) is 4.52. The first-order chi connectivity index (χ1) is 13.6. The Labute approximate surface area is 163 Å². The molecule has 0 aliphatic heterocycles. The molecule has 5 nitrogen and oxygen atoms in total. The molecule has 2 aromatic carbocycles. The van der Waals surface area contributed by atoms with Crippen molar-refractivity contribution < 1.29 is 9.53 Å². The first-order valence-corrected chi connectivity index (χ1v) is 9.12. The summed E-state index contributed by atoms with van der Waals surface area (Å²) in [5.74, 6) is 0.461. The van der Waals surface area contributed by atoms with E-state index in [9.17, 15) is 4.79 Å². The highest BCUT2D eigenvalue weighted by Crippen LogP contribution is 2.18. The SMILES string of the molecule is Cc1ccc(NC(=O)c2cccc(OCc3cn4cccc(C)c4n3)c2)cc1. The zero-order valence-electron chi connectivity index (χ0n) is 15.8. The van der Waals surface area contributed by atoms with Gasteiger partial charge in [-0.2, -0.15) is 0 Å². The molecule has 0 radical (unpaired) electrons. The second-order valence-electron chi connectivity index (χ2n) is 6.79. The summed E-state index contributed by atoms with van der Waals surface area (Å²) in [6, 6.07) is 18.9. The van der Waals surface area contributed by atoms with Crippen LogP contribution in [0.25, 0.3) is 5.65 Å². The Balaban J connectivity index is 1.44. The summed E-state index contributed by atoms with van der Waals surface area (Å²) in [7, 11) is 0. The van der Waals surface area contributed by atoms with E-state index in [1.807, 2.05) is 79.2 Å². The highest BCUT2D eigenvalue weighted by atomic mass is 16.5. The number of nitrogens with one attached hydrogen (secondary N) is 1. The topological polar surface area (TPSA) is 55.6 Å². The highest BCUT2D eigenvalue weighted by Gasteiger charge is 2.09. The molecule has 4 aromatic rings. The molecule has 0 saturated heterocycles.